The van der Waals surface area contributed by atoms with Crippen molar-refractivity contribution in [3.8, 4) is 0 Å². The zero-order chi connectivity index (χ0) is 16.2. The lowest BCUT2D eigenvalue weighted by molar-refractivity contribution is 0.154. The maximum absolute atomic E-state index is 10.9. The van der Waals surface area contributed by atoms with Gasteiger partial charge in [0.1, 0.15) is 25.9 Å². The molecule has 0 aromatic carbocycles. The molecule has 22 heavy (non-hydrogen) atoms. The molecule has 0 aliphatic heterocycles. The lowest BCUT2D eigenvalue weighted by Gasteiger charge is -2.00. The summed E-state index contributed by atoms with van der Waals surface area (Å²) in [6.07, 6.45) is 8.03. The van der Waals surface area contributed by atoms with E-state index in [0.717, 1.165) is 0 Å². The molecule has 0 fully saturated rings. The molecule has 0 atom stereocenters. The average molecular weight is 344 g/mol. The van der Waals surface area contributed by atoms with Crippen molar-refractivity contribution in [2.24, 2.45) is 0 Å². The minimum Gasteiger partial charge on any atom is -0.448 e. The van der Waals surface area contributed by atoms with Crippen molar-refractivity contribution >= 4 is 37.4 Å². The van der Waals surface area contributed by atoms with E-state index in [0.29, 0.717) is 24.7 Å². The van der Waals surface area contributed by atoms with E-state index < -0.39 is 12.2 Å². The molecule has 0 aliphatic rings. The summed E-state index contributed by atoms with van der Waals surface area (Å²) in [7, 11) is 0. The van der Waals surface area contributed by atoms with E-state index in [-0.39, 0.29) is 0 Å². The number of carbonyl (C=O) groups excluding carboxylic acids is 2. The first-order valence-corrected chi connectivity index (χ1v) is 7.47. The summed E-state index contributed by atoms with van der Waals surface area (Å²) in [6, 6.07) is 0. The van der Waals surface area contributed by atoms with E-state index in [4.69, 9.17) is 9.47 Å². The normalized spacial score (nSPS) is 9.55. The van der Waals surface area contributed by atoms with Gasteiger partial charge in [0.25, 0.3) is 0 Å². The van der Waals surface area contributed by atoms with Crippen LogP contribution < -0.4 is 0 Å². The lowest BCUT2D eigenvalue weighted by atomic mass is 10.8. The Morgan fingerprint density at radius 2 is 1.27 bits per heavy atom. The van der Waals surface area contributed by atoms with E-state index >= 15 is 0 Å². The summed E-state index contributed by atoms with van der Waals surface area (Å²) >= 11 is 7.78. The van der Waals surface area contributed by atoms with E-state index in [1.165, 1.54) is 46.6 Å². The van der Waals surface area contributed by atoms with Crippen LogP contribution in [0.15, 0.2) is 37.4 Å². The van der Waals surface area contributed by atoms with Crippen LogP contribution in [0, 0.1) is 0 Å². The van der Waals surface area contributed by atoms with Crippen LogP contribution in [0.4, 0.5) is 9.59 Å². The Hall–Kier alpha value is -1.94. The third-order valence-corrected chi connectivity index (χ3v) is 2.43. The number of ether oxygens (including phenoxy) is 2. The SMILES string of the molecule is O=C(OCCS)n1ccnc1.O=C(OCCS)n1ccnc1. The fraction of sp³-hybridized carbons (Fsp3) is 0.333. The summed E-state index contributed by atoms with van der Waals surface area (Å²) in [5.74, 6) is 1.06. The molecule has 2 aromatic heterocycles. The second-order valence-electron chi connectivity index (χ2n) is 3.62. The number of rotatable bonds is 4. The zero-order valence-corrected chi connectivity index (χ0v) is 13.4. The minimum atomic E-state index is -0.420. The number of nitrogens with zero attached hydrogens (tertiary/aromatic N) is 4. The number of imidazole rings is 2. The second kappa shape index (κ2) is 10.7. The van der Waals surface area contributed by atoms with Crippen molar-refractivity contribution in [2.75, 3.05) is 24.7 Å². The molecular formula is C12H16N4O4S2. The molecule has 0 saturated heterocycles. The van der Waals surface area contributed by atoms with Gasteiger partial charge in [0, 0.05) is 36.3 Å². The maximum Gasteiger partial charge on any atom is 0.419 e. The molecule has 2 heterocycles. The molecular weight excluding hydrogens is 328 g/mol. The Balaban J connectivity index is 0.000000220. The molecule has 0 bridgehead atoms. The molecule has 0 aliphatic carbocycles. The van der Waals surface area contributed by atoms with Crippen molar-refractivity contribution in [1.82, 2.24) is 19.1 Å². The zero-order valence-electron chi connectivity index (χ0n) is 11.6. The first kappa shape index (κ1) is 18.1. The third-order valence-electron chi connectivity index (χ3n) is 2.06. The topological polar surface area (TPSA) is 88.2 Å². The van der Waals surface area contributed by atoms with Gasteiger partial charge >= 0.3 is 12.2 Å². The van der Waals surface area contributed by atoms with E-state index in [1.54, 1.807) is 0 Å². The summed E-state index contributed by atoms with van der Waals surface area (Å²) in [4.78, 5) is 29.3. The van der Waals surface area contributed by atoms with Gasteiger partial charge in [0.05, 0.1) is 0 Å². The Kier molecular flexibility index (Phi) is 8.84. The minimum absolute atomic E-state index is 0.320. The highest BCUT2D eigenvalue weighted by molar-refractivity contribution is 7.80. The van der Waals surface area contributed by atoms with Crippen molar-refractivity contribution in [1.29, 1.82) is 0 Å². The van der Waals surface area contributed by atoms with Gasteiger partial charge in [0.2, 0.25) is 0 Å². The van der Waals surface area contributed by atoms with Crippen LogP contribution in [-0.4, -0.2) is 56.0 Å². The van der Waals surface area contributed by atoms with E-state index in [9.17, 15) is 9.59 Å². The van der Waals surface area contributed by atoms with Gasteiger partial charge in [-0.25, -0.2) is 28.7 Å². The molecule has 10 heteroatoms. The number of hydrogen-bond acceptors (Lipinski definition) is 8. The van der Waals surface area contributed by atoms with E-state index in [2.05, 4.69) is 35.2 Å². The fourth-order valence-corrected chi connectivity index (χ4v) is 1.33. The van der Waals surface area contributed by atoms with Gasteiger partial charge in [-0.3, -0.25) is 0 Å². The number of aromatic nitrogens is 4. The molecule has 120 valence electrons. The van der Waals surface area contributed by atoms with E-state index in [1.807, 2.05) is 0 Å². The Morgan fingerprint density at radius 1 is 0.864 bits per heavy atom. The van der Waals surface area contributed by atoms with Crippen molar-refractivity contribution in [3.63, 3.8) is 0 Å². The second-order valence-corrected chi connectivity index (χ2v) is 4.51. The predicted molar refractivity (Wildman–Crippen MR) is 85.7 cm³/mol. The summed E-state index contributed by atoms with van der Waals surface area (Å²) in [5, 5.41) is 0. The summed E-state index contributed by atoms with van der Waals surface area (Å²) in [5.41, 5.74) is 0. The van der Waals surface area contributed by atoms with Gasteiger partial charge in [-0.2, -0.15) is 25.3 Å². The molecule has 2 aromatic rings. The highest BCUT2D eigenvalue weighted by Gasteiger charge is 2.02. The van der Waals surface area contributed by atoms with Gasteiger partial charge in [0.15, 0.2) is 0 Å². The van der Waals surface area contributed by atoms with Crippen LogP contribution in [0.1, 0.15) is 0 Å². The van der Waals surface area contributed by atoms with Gasteiger partial charge in [-0.05, 0) is 0 Å². The third kappa shape index (κ3) is 6.68. The molecule has 8 nitrogen and oxygen atoms in total. The van der Waals surface area contributed by atoms with Crippen LogP contribution in [0.3, 0.4) is 0 Å². The summed E-state index contributed by atoms with van der Waals surface area (Å²) < 4.78 is 12.0. The van der Waals surface area contributed by atoms with Crippen LogP contribution >= 0.6 is 25.3 Å². The van der Waals surface area contributed by atoms with Crippen molar-refractivity contribution in [2.45, 2.75) is 0 Å². The smallest absolute Gasteiger partial charge is 0.419 e. The monoisotopic (exact) mass is 344 g/mol. The van der Waals surface area contributed by atoms with Gasteiger partial charge in [-0.15, -0.1) is 0 Å². The van der Waals surface area contributed by atoms with Crippen molar-refractivity contribution < 1.29 is 19.1 Å². The van der Waals surface area contributed by atoms with Crippen LogP contribution in [0.2, 0.25) is 0 Å². The van der Waals surface area contributed by atoms with Crippen LogP contribution in [0.5, 0.6) is 0 Å². The van der Waals surface area contributed by atoms with Gasteiger partial charge < -0.3 is 9.47 Å². The fourth-order valence-electron chi connectivity index (χ4n) is 1.15. The average Bonchev–Trinajstić information content (AvgIpc) is 3.23. The standard InChI is InChI=1S/2C6H8N2O2S/c2*9-6(10-3-4-11)8-2-1-7-5-8/h2*1-2,5,11H,3-4H2. The van der Waals surface area contributed by atoms with Crippen molar-refractivity contribution in [3.05, 3.63) is 37.4 Å². The molecule has 0 amide bonds. The first-order valence-electron chi connectivity index (χ1n) is 6.21. The maximum atomic E-state index is 10.9. The first-order chi connectivity index (χ1) is 10.7. The van der Waals surface area contributed by atoms with Crippen LogP contribution in [-0.2, 0) is 9.47 Å². The number of hydrogen-bond donors (Lipinski definition) is 2. The predicted octanol–water partition coefficient (Wildman–Crippen LogP) is 1.60. The van der Waals surface area contributed by atoms with Gasteiger partial charge in [-0.1, -0.05) is 0 Å². The summed E-state index contributed by atoms with van der Waals surface area (Å²) in [6.45, 7) is 0.639. The molecule has 0 spiro atoms. The molecule has 0 saturated carbocycles. The molecule has 0 N–H and O–H groups in total. The van der Waals surface area contributed by atoms with Crippen LogP contribution in [0.25, 0.3) is 0 Å². The molecule has 0 radical (unpaired) electrons. The Morgan fingerprint density at radius 3 is 1.55 bits per heavy atom. The largest absolute Gasteiger partial charge is 0.448 e. The Bertz CT molecular complexity index is 495. The number of thiol groups is 2. The Labute approximate surface area is 138 Å². The highest BCUT2D eigenvalue weighted by Crippen LogP contribution is 1.90. The highest BCUT2D eigenvalue weighted by atomic mass is 32.1. The lowest BCUT2D eigenvalue weighted by Crippen LogP contribution is -2.12. The molecule has 0 unspecified atom stereocenters. The number of carbonyl (C=O) groups is 2. The molecule has 2 rings (SSSR count). The quantitative estimate of drug-likeness (QED) is 0.819.